The Balaban J connectivity index is 1.80. The van der Waals surface area contributed by atoms with Crippen molar-refractivity contribution >= 4 is 17.6 Å². The fraction of sp³-hybridized carbons (Fsp3) is 0.500. The van der Waals surface area contributed by atoms with Crippen LogP contribution in [0.4, 0.5) is 5.69 Å². The van der Waals surface area contributed by atoms with Crippen molar-refractivity contribution in [3.63, 3.8) is 0 Å². The zero-order chi connectivity index (χ0) is 15.9. The highest BCUT2D eigenvalue weighted by Gasteiger charge is 2.15. The van der Waals surface area contributed by atoms with Crippen LogP contribution >= 0.6 is 0 Å². The minimum Gasteiger partial charge on any atom is -0.465 e. The third kappa shape index (κ3) is 4.82. The summed E-state index contributed by atoms with van der Waals surface area (Å²) in [7, 11) is 3.45. The first kappa shape index (κ1) is 16.5. The number of hydrogen-bond donors (Lipinski definition) is 1. The number of anilines is 1. The largest absolute Gasteiger partial charge is 0.465 e. The van der Waals surface area contributed by atoms with Gasteiger partial charge in [0.1, 0.15) is 0 Å². The molecule has 1 saturated heterocycles. The molecular weight excluding hydrogens is 282 g/mol. The maximum absolute atomic E-state index is 12.0. The Bertz CT molecular complexity index is 525. The second kappa shape index (κ2) is 7.91. The van der Waals surface area contributed by atoms with Crippen molar-refractivity contribution in [1.82, 2.24) is 9.80 Å². The van der Waals surface area contributed by atoms with Gasteiger partial charge in [0.15, 0.2) is 0 Å². The van der Waals surface area contributed by atoms with Gasteiger partial charge in [-0.05, 0) is 25.2 Å². The van der Waals surface area contributed by atoms with E-state index >= 15 is 0 Å². The van der Waals surface area contributed by atoms with Gasteiger partial charge in [-0.25, -0.2) is 4.79 Å². The molecule has 0 aromatic heterocycles. The van der Waals surface area contributed by atoms with Crippen LogP contribution in [-0.4, -0.2) is 68.6 Å². The summed E-state index contributed by atoms with van der Waals surface area (Å²) in [6.07, 6.45) is 0.451. The fourth-order valence-corrected chi connectivity index (χ4v) is 2.40. The number of benzene rings is 1. The van der Waals surface area contributed by atoms with Gasteiger partial charge in [0, 0.05) is 44.8 Å². The Morgan fingerprint density at radius 1 is 1.23 bits per heavy atom. The number of amides is 1. The number of esters is 1. The Labute approximate surface area is 131 Å². The van der Waals surface area contributed by atoms with Crippen molar-refractivity contribution in [3.05, 3.63) is 29.8 Å². The average molecular weight is 305 g/mol. The molecule has 1 amide bonds. The minimum atomic E-state index is -0.409. The Morgan fingerprint density at radius 3 is 2.64 bits per heavy atom. The molecule has 0 atom stereocenters. The summed E-state index contributed by atoms with van der Waals surface area (Å²) in [5.74, 6) is -0.450. The molecule has 0 spiro atoms. The number of rotatable bonds is 5. The summed E-state index contributed by atoms with van der Waals surface area (Å²) >= 11 is 0. The topological polar surface area (TPSA) is 61.9 Å². The molecule has 0 aliphatic carbocycles. The van der Waals surface area contributed by atoms with Gasteiger partial charge in [-0.15, -0.1) is 0 Å². The lowest BCUT2D eigenvalue weighted by Crippen LogP contribution is -2.45. The molecule has 1 fully saturated rings. The minimum absolute atomic E-state index is 0.0408. The Hall–Kier alpha value is -1.92. The van der Waals surface area contributed by atoms with Crippen molar-refractivity contribution in [2.45, 2.75) is 6.42 Å². The average Bonchev–Trinajstić information content (AvgIpc) is 2.54. The third-order valence-corrected chi connectivity index (χ3v) is 3.82. The van der Waals surface area contributed by atoms with Crippen LogP contribution in [-0.2, 0) is 9.53 Å². The van der Waals surface area contributed by atoms with Crippen molar-refractivity contribution < 1.29 is 14.3 Å². The summed E-state index contributed by atoms with van der Waals surface area (Å²) in [4.78, 5) is 28.1. The van der Waals surface area contributed by atoms with Crippen LogP contribution in [0.3, 0.4) is 0 Å². The maximum atomic E-state index is 12.0. The van der Waals surface area contributed by atoms with E-state index in [1.165, 1.54) is 7.11 Å². The highest BCUT2D eigenvalue weighted by atomic mass is 16.5. The summed E-state index contributed by atoms with van der Waals surface area (Å²) in [6, 6.07) is 6.77. The first-order chi connectivity index (χ1) is 10.6. The van der Waals surface area contributed by atoms with Crippen molar-refractivity contribution in [2.75, 3.05) is 52.2 Å². The molecule has 1 heterocycles. The second-order valence-electron chi connectivity index (χ2n) is 5.52. The molecule has 1 aromatic carbocycles. The molecule has 1 N–H and O–H groups in total. The number of nitrogens with zero attached hydrogens (tertiary/aromatic N) is 2. The van der Waals surface area contributed by atoms with Gasteiger partial charge >= 0.3 is 5.97 Å². The molecule has 0 radical (unpaired) electrons. The molecule has 6 heteroatoms. The van der Waals surface area contributed by atoms with Gasteiger partial charge < -0.3 is 19.9 Å². The van der Waals surface area contributed by atoms with Gasteiger partial charge in [-0.3, -0.25) is 4.79 Å². The fourth-order valence-electron chi connectivity index (χ4n) is 2.40. The van der Waals surface area contributed by atoms with Crippen molar-refractivity contribution in [2.24, 2.45) is 0 Å². The molecule has 22 heavy (non-hydrogen) atoms. The quantitative estimate of drug-likeness (QED) is 0.824. The number of nitrogens with one attached hydrogen (secondary N) is 1. The first-order valence-electron chi connectivity index (χ1n) is 7.47. The molecule has 6 nitrogen and oxygen atoms in total. The van der Waals surface area contributed by atoms with E-state index < -0.39 is 5.97 Å². The number of hydrogen-bond acceptors (Lipinski definition) is 5. The van der Waals surface area contributed by atoms with Gasteiger partial charge in [-0.1, -0.05) is 6.07 Å². The van der Waals surface area contributed by atoms with Gasteiger partial charge in [0.2, 0.25) is 5.91 Å². The van der Waals surface area contributed by atoms with Crippen LogP contribution in [0.15, 0.2) is 24.3 Å². The van der Waals surface area contributed by atoms with Crippen LogP contribution in [0.2, 0.25) is 0 Å². The lowest BCUT2D eigenvalue weighted by atomic mass is 10.2. The van der Waals surface area contributed by atoms with Gasteiger partial charge in [-0.2, -0.15) is 0 Å². The molecule has 0 unspecified atom stereocenters. The molecule has 1 aliphatic rings. The van der Waals surface area contributed by atoms with E-state index in [0.29, 0.717) is 17.7 Å². The van der Waals surface area contributed by atoms with Crippen LogP contribution in [0.5, 0.6) is 0 Å². The van der Waals surface area contributed by atoms with Gasteiger partial charge in [0.25, 0.3) is 0 Å². The number of ether oxygens (including phenoxy) is 1. The molecular formula is C16H23N3O3. The normalized spacial score (nSPS) is 16.3. The van der Waals surface area contributed by atoms with E-state index in [4.69, 9.17) is 0 Å². The zero-order valence-corrected chi connectivity index (χ0v) is 13.2. The van der Waals surface area contributed by atoms with E-state index in [2.05, 4.69) is 26.9 Å². The predicted octanol–water partition coefficient (Wildman–Crippen LogP) is 1.05. The van der Waals surface area contributed by atoms with Gasteiger partial charge in [0.05, 0.1) is 12.7 Å². The summed E-state index contributed by atoms with van der Waals surface area (Å²) in [5.41, 5.74) is 1.05. The lowest BCUT2D eigenvalue weighted by molar-refractivity contribution is -0.116. The van der Waals surface area contributed by atoms with Crippen molar-refractivity contribution in [3.8, 4) is 0 Å². The summed E-state index contributed by atoms with van der Waals surface area (Å²) in [6.45, 7) is 4.85. The van der Waals surface area contributed by atoms with E-state index in [1.807, 2.05) is 0 Å². The Morgan fingerprint density at radius 2 is 1.95 bits per heavy atom. The number of carbonyl (C=O) groups excluding carboxylic acids is 2. The maximum Gasteiger partial charge on any atom is 0.337 e. The molecule has 0 bridgehead atoms. The SMILES string of the molecule is COC(=O)c1cccc(NC(=O)CCN2CCN(C)CC2)c1. The molecule has 2 rings (SSSR count). The van der Waals surface area contributed by atoms with E-state index in [9.17, 15) is 9.59 Å². The molecule has 1 aromatic rings. The molecule has 1 aliphatic heterocycles. The summed E-state index contributed by atoms with van der Waals surface area (Å²) in [5, 5.41) is 2.83. The monoisotopic (exact) mass is 305 g/mol. The molecule has 120 valence electrons. The highest BCUT2D eigenvalue weighted by molar-refractivity contribution is 5.94. The van der Waals surface area contributed by atoms with Crippen LogP contribution in [0.25, 0.3) is 0 Å². The Kier molecular flexibility index (Phi) is 5.91. The lowest BCUT2D eigenvalue weighted by Gasteiger charge is -2.32. The van der Waals surface area contributed by atoms with Crippen LogP contribution < -0.4 is 5.32 Å². The first-order valence-corrected chi connectivity index (χ1v) is 7.47. The van der Waals surface area contributed by atoms with E-state index in [0.717, 1.165) is 32.7 Å². The number of likely N-dealkylation sites (N-methyl/N-ethyl adjacent to an activating group) is 1. The smallest absolute Gasteiger partial charge is 0.337 e. The second-order valence-corrected chi connectivity index (χ2v) is 5.52. The summed E-state index contributed by atoms with van der Waals surface area (Å²) < 4.78 is 4.67. The van der Waals surface area contributed by atoms with Crippen LogP contribution in [0, 0.1) is 0 Å². The zero-order valence-electron chi connectivity index (χ0n) is 13.2. The number of methoxy groups -OCH3 is 1. The van der Waals surface area contributed by atoms with Crippen LogP contribution in [0.1, 0.15) is 16.8 Å². The van der Waals surface area contributed by atoms with Crippen molar-refractivity contribution in [1.29, 1.82) is 0 Å². The predicted molar refractivity (Wildman–Crippen MR) is 85.0 cm³/mol. The number of piperazine rings is 1. The number of carbonyl (C=O) groups is 2. The standard InChI is InChI=1S/C16H23N3O3/c1-18-8-10-19(11-9-18)7-6-15(20)17-14-5-3-4-13(12-14)16(21)22-2/h3-5,12H,6-11H2,1-2H3,(H,17,20). The van der Waals surface area contributed by atoms with E-state index in [1.54, 1.807) is 24.3 Å². The highest BCUT2D eigenvalue weighted by Crippen LogP contribution is 2.12. The van der Waals surface area contributed by atoms with E-state index in [-0.39, 0.29) is 5.91 Å². The third-order valence-electron chi connectivity index (χ3n) is 3.82. The molecule has 0 saturated carbocycles.